The van der Waals surface area contributed by atoms with Crippen molar-refractivity contribution >= 4 is 28.5 Å². The first-order chi connectivity index (χ1) is 7.66. The number of H-pyrrole nitrogens is 1. The summed E-state index contributed by atoms with van der Waals surface area (Å²) in [5.41, 5.74) is 0.648. The van der Waals surface area contributed by atoms with Crippen molar-refractivity contribution in [1.82, 2.24) is 15.6 Å². The second-order valence-corrected chi connectivity index (χ2v) is 5.53. The van der Waals surface area contributed by atoms with Gasteiger partial charge >= 0.3 is 0 Å². The number of aromatic nitrogens is 1. The van der Waals surface area contributed by atoms with Crippen molar-refractivity contribution in [2.45, 2.75) is 19.4 Å². The molecule has 16 heavy (non-hydrogen) atoms. The van der Waals surface area contributed by atoms with E-state index in [-0.39, 0.29) is 11.9 Å². The van der Waals surface area contributed by atoms with E-state index in [1.807, 2.05) is 12.3 Å². The van der Waals surface area contributed by atoms with E-state index < -0.39 is 0 Å². The molecule has 0 saturated carbocycles. The van der Waals surface area contributed by atoms with Gasteiger partial charge in [-0.3, -0.25) is 4.79 Å². The van der Waals surface area contributed by atoms with Gasteiger partial charge < -0.3 is 15.6 Å². The molecule has 1 aliphatic rings. The van der Waals surface area contributed by atoms with Crippen LogP contribution in [-0.4, -0.2) is 30.0 Å². The summed E-state index contributed by atoms with van der Waals surface area (Å²) in [5.74, 6) is 0.494. The van der Waals surface area contributed by atoms with Crippen LogP contribution in [0.5, 0.6) is 0 Å². The minimum absolute atomic E-state index is 0.00154. The zero-order valence-electron chi connectivity index (χ0n) is 9.22. The van der Waals surface area contributed by atoms with Crippen molar-refractivity contribution in [1.29, 1.82) is 0 Å². The lowest BCUT2D eigenvalue weighted by Crippen LogP contribution is -2.48. The van der Waals surface area contributed by atoms with Crippen molar-refractivity contribution in [2.24, 2.45) is 5.92 Å². The Morgan fingerprint density at radius 2 is 2.44 bits per heavy atom. The molecule has 3 N–H and O–H groups in total. The number of halogens is 1. The zero-order chi connectivity index (χ0) is 11.5. The molecule has 1 aromatic heterocycles. The van der Waals surface area contributed by atoms with Crippen LogP contribution in [0.3, 0.4) is 0 Å². The highest BCUT2D eigenvalue weighted by Gasteiger charge is 2.23. The molecule has 88 valence electrons. The van der Waals surface area contributed by atoms with Crippen LogP contribution in [0.4, 0.5) is 0 Å². The maximum absolute atomic E-state index is 11.9. The highest BCUT2D eigenvalue weighted by atomic mass is 127. The van der Waals surface area contributed by atoms with Crippen LogP contribution < -0.4 is 10.6 Å². The predicted molar refractivity (Wildman–Crippen MR) is 71.4 cm³/mol. The van der Waals surface area contributed by atoms with Crippen LogP contribution in [0.2, 0.25) is 0 Å². The molecular formula is C11H16IN3O. The van der Waals surface area contributed by atoms with Gasteiger partial charge in [0.15, 0.2) is 0 Å². The third-order valence-electron chi connectivity index (χ3n) is 2.99. The number of piperidine rings is 1. The summed E-state index contributed by atoms with van der Waals surface area (Å²) in [6, 6.07) is 2.15. The smallest absolute Gasteiger partial charge is 0.267 e. The first-order valence-electron chi connectivity index (χ1n) is 5.52. The number of hydrogen-bond acceptors (Lipinski definition) is 2. The standard InChI is InChI=1S/C11H16IN3O/c1-7-5-13-3-2-9(7)15-11(16)10-4-8(12)6-14-10/h4,6-7,9,13-14H,2-3,5H2,1H3,(H,15,16). The Kier molecular flexibility index (Phi) is 3.86. The van der Waals surface area contributed by atoms with Gasteiger partial charge in [0.25, 0.3) is 5.91 Å². The third kappa shape index (κ3) is 2.76. The molecule has 2 atom stereocenters. The summed E-state index contributed by atoms with van der Waals surface area (Å²) >= 11 is 2.19. The molecule has 0 bridgehead atoms. The highest BCUT2D eigenvalue weighted by molar-refractivity contribution is 14.1. The number of nitrogens with one attached hydrogen (secondary N) is 3. The molecule has 1 saturated heterocycles. The predicted octanol–water partition coefficient (Wildman–Crippen LogP) is 1.35. The Balaban J connectivity index is 1.96. The zero-order valence-corrected chi connectivity index (χ0v) is 11.4. The van der Waals surface area contributed by atoms with Gasteiger partial charge in [0, 0.05) is 15.8 Å². The Bertz CT molecular complexity index is 377. The molecule has 1 fully saturated rings. The quantitative estimate of drug-likeness (QED) is 0.716. The maximum atomic E-state index is 11.9. The van der Waals surface area contributed by atoms with Crippen molar-refractivity contribution in [3.05, 3.63) is 21.5 Å². The lowest BCUT2D eigenvalue weighted by Gasteiger charge is -2.30. The summed E-state index contributed by atoms with van der Waals surface area (Å²) in [7, 11) is 0. The molecule has 1 aromatic rings. The largest absolute Gasteiger partial charge is 0.356 e. The van der Waals surface area contributed by atoms with Crippen LogP contribution in [0.25, 0.3) is 0 Å². The van der Waals surface area contributed by atoms with E-state index in [1.54, 1.807) is 0 Å². The fourth-order valence-electron chi connectivity index (χ4n) is 1.97. The van der Waals surface area contributed by atoms with Crippen LogP contribution >= 0.6 is 22.6 Å². The fraction of sp³-hybridized carbons (Fsp3) is 0.545. The van der Waals surface area contributed by atoms with Gasteiger partial charge in [0.05, 0.1) is 0 Å². The molecule has 2 rings (SSSR count). The van der Waals surface area contributed by atoms with Crippen molar-refractivity contribution in [2.75, 3.05) is 13.1 Å². The van der Waals surface area contributed by atoms with E-state index in [2.05, 4.69) is 45.1 Å². The normalized spacial score (nSPS) is 25.4. The van der Waals surface area contributed by atoms with E-state index in [4.69, 9.17) is 0 Å². The number of aromatic amines is 1. The van der Waals surface area contributed by atoms with Gasteiger partial charge in [-0.25, -0.2) is 0 Å². The minimum Gasteiger partial charge on any atom is -0.356 e. The van der Waals surface area contributed by atoms with Gasteiger partial charge in [0.1, 0.15) is 5.69 Å². The molecule has 1 aliphatic heterocycles. The van der Waals surface area contributed by atoms with Crippen molar-refractivity contribution < 1.29 is 4.79 Å². The third-order valence-corrected chi connectivity index (χ3v) is 3.62. The maximum Gasteiger partial charge on any atom is 0.267 e. The van der Waals surface area contributed by atoms with Gasteiger partial charge in [0.2, 0.25) is 0 Å². The minimum atomic E-state index is 0.00154. The molecule has 5 heteroatoms. The molecular weight excluding hydrogens is 317 g/mol. The molecule has 1 amide bonds. The number of carbonyl (C=O) groups excluding carboxylic acids is 1. The van der Waals surface area contributed by atoms with Crippen molar-refractivity contribution in [3.63, 3.8) is 0 Å². The molecule has 4 nitrogen and oxygen atoms in total. The molecule has 2 heterocycles. The first-order valence-corrected chi connectivity index (χ1v) is 6.60. The first kappa shape index (κ1) is 11.9. The summed E-state index contributed by atoms with van der Waals surface area (Å²) in [4.78, 5) is 14.9. The average Bonchev–Trinajstić information content (AvgIpc) is 2.68. The van der Waals surface area contributed by atoms with Gasteiger partial charge in [-0.2, -0.15) is 0 Å². The lowest BCUT2D eigenvalue weighted by molar-refractivity contribution is 0.0909. The molecule has 0 spiro atoms. The lowest BCUT2D eigenvalue weighted by atomic mass is 9.95. The second kappa shape index (κ2) is 5.18. The van der Waals surface area contributed by atoms with E-state index in [1.165, 1.54) is 0 Å². The fourth-order valence-corrected chi connectivity index (χ4v) is 2.44. The summed E-state index contributed by atoms with van der Waals surface area (Å²) in [5, 5.41) is 6.41. The van der Waals surface area contributed by atoms with E-state index in [0.29, 0.717) is 11.6 Å². The van der Waals surface area contributed by atoms with Crippen LogP contribution in [0.15, 0.2) is 12.3 Å². The van der Waals surface area contributed by atoms with Gasteiger partial charge in [-0.15, -0.1) is 0 Å². The van der Waals surface area contributed by atoms with Gasteiger partial charge in [-0.05, 0) is 54.1 Å². The Morgan fingerprint density at radius 1 is 1.62 bits per heavy atom. The Labute approximate surface area is 109 Å². The summed E-state index contributed by atoms with van der Waals surface area (Å²) < 4.78 is 1.06. The molecule has 0 radical (unpaired) electrons. The number of rotatable bonds is 2. The Morgan fingerprint density at radius 3 is 3.06 bits per heavy atom. The van der Waals surface area contributed by atoms with Crippen molar-refractivity contribution in [3.8, 4) is 0 Å². The van der Waals surface area contributed by atoms with E-state index in [0.717, 1.165) is 23.1 Å². The second-order valence-electron chi connectivity index (χ2n) is 4.28. The summed E-state index contributed by atoms with van der Waals surface area (Å²) in [6.07, 6.45) is 2.84. The Hall–Kier alpha value is -0.560. The molecule has 0 aliphatic carbocycles. The van der Waals surface area contributed by atoms with E-state index in [9.17, 15) is 4.79 Å². The molecule has 2 unspecified atom stereocenters. The number of hydrogen-bond donors (Lipinski definition) is 3. The SMILES string of the molecule is CC1CNCCC1NC(=O)c1cc(I)c[nH]1. The van der Waals surface area contributed by atoms with Gasteiger partial charge in [-0.1, -0.05) is 6.92 Å². The van der Waals surface area contributed by atoms with Crippen LogP contribution in [0.1, 0.15) is 23.8 Å². The molecule has 0 aromatic carbocycles. The highest BCUT2D eigenvalue weighted by Crippen LogP contribution is 2.12. The topological polar surface area (TPSA) is 56.9 Å². The van der Waals surface area contributed by atoms with E-state index >= 15 is 0 Å². The number of carbonyl (C=O) groups is 1. The average molecular weight is 333 g/mol. The van der Waals surface area contributed by atoms with Crippen LogP contribution in [-0.2, 0) is 0 Å². The monoisotopic (exact) mass is 333 g/mol. The van der Waals surface area contributed by atoms with Crippen LogP contribution in [0, 0.1) is 9.49 Å². The summed E-state index contributed by atoms with van der Waals surface area (Å²) in [6.45, 7) is 4.13. The number of amides is 1.